The Bertz CT molecular complexity index is 253. The van der Waals surface area contributed by atoms with Crippen molar-refractivity contribution in [1.82, 2.24) is 4.98 Å². The van der Waals surface area contributed by atoms with Crippen LogP contribution in [0.1, 0.15) is 19.0 Å². The number of hydrogen-bond donors (Lipinski definition) is 0. The van der Waals surface area contributed by atoms with E-state index in [1.807, 2.05) is 0 Å². The van der Waals surface area contributed by atoms with Crippen molar-refractivity contribution in [2.75, 3.05) is 6.61 Å². The van der Waals surface area contributed by atoms with Crippen LogP contribution in [0.4, 0.5) is 8.78 Å². The molecule has 0 N–H and O–H groups in total. The number of halogens is 2. The third kappa shape index (κ3) is 2.15. The standard InChI is InChI=1S/C8H9F2NO/c1-2-12-6-3-4-11-7(5-6)8(9)10/h3-5,8H,2H2,1H3. The fourth-order valence-corrected chi connectivity index (χ4v) is 0.804. The molecule has 0 saturated carbocycles. The first-order valence-electron chi connectivity index (χ1n) is 3.61. The van der Waals surface area contributed by atoms with Crippen molar-refractivity contribution in [2.45, 2.75) is 13.3 Å². The molecule has 0 aliphatic carbocycles. The van der Waals surface area contributed by atoms with Crippen LogP contribution >= 0.6 is 0 Å². The summed E-state index contributed by atoms with van der Waals surface area (Å²) < 4.78 is 29.2. The number of rotatable bonds is 3. The normalized spacial score (nSPS) is 10.3. The van der Waals surface area contributed by atoms with E-state index in [-0.39, 0.29) is 5.69 Å². The molecule has 0 fully saturated rings. The summed E-state index contributed by atoms with van der Waals surface area (Å²) in [6.07, 6.45) is -1.22. The van der Waals surface area contributed by atoms with Crippen molar-refractivity contribution in [1.29, 1.82) is 0 Å². The van der Waals surface area contributed by atoms with Crippen molar-refractivity contribution in [3.63, 3.8) is 0 Å². The van der Waals surface area contributed by atoms with E-state index in [4.69, 9.17) is 4.74 Å². The second-order valence-corrected chi connectivity index (χ2v) is 2.15. The molecule has 1 heterocycles. The molecule has 0 aromatic carbocycles. The molecule has 1 aromatic rings. The van der Waals surface area contributed by atoms with Gasteiger partial charge >= 0.3 is 0 Å². The molecular weight excluding hydrogens is 164 g/mol. The average Bonchev–Trinajstić information content (AvgIpc) is 2.05. The Balaban J connectivity index is 2.81. The van der Waals surface area contributed by atoms with Gasteiger partial charge in [0, 0.05) is 12.3 Å². The smallest absolute Gasteiger partial charge is 0.280 e. The van der Waals surface area contributed by atoms with Crippen LogP contribution < -0.4 is 4.74 Å². The van der Waals surface area contributed by atoms with Crippen LogP contribution in [-0.2, 0) is 0 Å². The van der Waals surface area contributed by atoms with Gasteiger partial charge in [0.05, 0.1) is 6.61 Å². The maximum atomic E-state index is 12.1. The molecule has 1 aromatic heterocycles. The molecule has 0 aliphatic heterocycles. The van der Waals surface area contributed by atoms with Gasteiger partial charge in [-0.15, -0.1) is 0 Å². The van der Waals surface area contributed by atoms with E-state index in [0.29, 0.717) is 12.4 Å². The van der Waals surface area contributed by atoms with Crippen molar-refractivity contribution in [3.8, 4) is 5.75 Å². The van der Waals surface area contributed by atoms with Gasteiger partial charge in [0.15, 0.2) is 0 Å². The fourth-order valence-electron chi connectivity index (χ4n) is 0.804. The number of aromatic nitrogens is 1. The highest BCUT2D eigenvalue weighted by Crippen LogP contribution is 2.20. The van der Waals surface area contributed by atoms with E-state index in [9.17, 15) is 8.78 Å². The zero-order valence-electron chi connectivity index (χ0n) is 6.63. The molecule has 0 spiro atoms. The highest BCUT2D eigenvalue weighted by molar-refractivity contribution is 5.22. The summed E-state index contributed by atoms with van der Waals surface area (Å²) in [6, 6.07) is 2.80. The van der Waals surface area contributed by atoms with Gasteiger partial charge in [0.25, 0.3) is 6.43 Å². The molecular formula is C8H9F2NO. The Morgan fingerprint density at radius 1 is 1.58 bits per heavy atom. The molecule has 0 radical (unpaired) electrons. The lowest BCUT2D eigenvalue weighted by molar-refractivity contribution is 0.145. The van der Waals surface area contributed by atoms with Crippen molar-refractivity contribution >= 4 is 0 Å². The highest BCUT2D eigenvalue weighted by Gasteiger charge is 2.08. The average molecular weight is 173 g/mol. The van der Waals surface area contributed by atoms with Crippen LogP contribution in [0.25, 0.3) is 0 Å². The molecule has 12 heavy (non-hydrogen) atoms. The molecule has 2 nitrogen and oxygen atoms in total. The summed E-state index contributed by atoms with van der Waals surface area (Å²) in [4.78, 5) is 3.49. The SMILES string of the molecule is CCOc1ccnc(C(F)F)c1. The molecule has 0 bridgehead atoms. The molecule has 1 rings (SSSR count). The van der Waals surface area contributed by atoms with Crippen LogP contribution in [-0.4, -0.2) is 11.6 Å². The maximum Gasteiger partial charge on any atom is 0.280 e. The fraction of sp³-hybridized carbons (Fsp3) is 0.375. The Kier molecular flexibility index (Phi) is 2.96. The number of ether oxygens (including phenoxy) is 1. The Hall–Kier alpha value is -1.19. The summed E-state index contributed by atoms with van der Waals surface area (Å²) in [7, 11) is 0. The Morgan fingerprint density at radius 3 is 2.92 bits per heavy atom. The van der Waals surface area contributed by atoms with Crippen LogP contribution in [0, 0.1) is 0 Å². The third-order valence-corrected chi connectivity index (χ3v) is 1.29. The number of nitrogens with zero attached hydrogens (tertiary/aromatic N) is 1. The van der Waals surface area contributed by atoms with Crippen LogP contribution in [0.5, 0.6) is 5.75 Å². The predicted molar refractivity (Wildman–Crippen MR) is 40.4 cm³/mol. The van der Waals surface area contributed by atoms with E-state index >= 15 is 0 Å². The Morgan fingerprint density at radius 2 is 2.33 bits per heavy atom. The summed E-state index contributed by atoms with van der Waals surface area (Å²) in [6.45, 7) is 2.26. The van der Waals surface area contributed by atoms with Crippen LogP contribution in [0.3, 0.4) is 0 Å². The summed E-state index contributed by atoms with van der Waals surface area (Å²) >= 11 is 0. The summed E-state index contributed by atoms with van der Waals surface area (Å²) in [5, 5.41) is 0. The maximum absolute atomic E-state index is 12.1. The molecule has 0 atom stereocenters. The predicted octanol–water partition coefficient (Wildman–Crippen LogP) is 2.42. The molecule has 0 amide bonds. The number of hydrogen-bond acceptors (Lipinski definition) is 2. The second-order valence-electron chi connectivity index (χ2n) is 2.15. The van der Waals surface area contributed by atoms with Gasteiger partial charge in [-0.25, -0.2) is 8.78 Å². The summed E-state index contributed by atoms with van der Waals surface area (Å²) in [5.74, 6) is 0.433. The lowest BCUT2D eigenvalue weighted by atomic mass is 10.3. The van der Waals surface area contributed by atoms with Gasteiger partial charge < -0.3 is 4.74 Å². The molecule has 0 saturated heterocycles. The first-order chi connectivity index (χ1) is 5.74. The topological polar surface area (TPSA) is 22.1 Å². The number of pyridine rings is 1. The first-order valence-corrected chi connectivity index (χ1v) is 3.61. The lowest BCUT2D eigenvalue weighted by Gasteiger charge is -2.03. The van der Waals surface area contributed by atoms with E-state index in [1.54, 1.807) is 13.0 Å². The van der Waals surface area contributed by atoms with Gasteiger partial charge in [-0.3, -0.25) is 4.98 Å². The number of alkyl halides is 2. The Labute approximate surface area is 69.2 Å². The van der Waals surface area contributed by atoms with Crippen LogP contribution in [0.15, 0.2) is 18.3 Å². The summed E-state index contributed by atoms with van der Waals surface area (Å²) in [5.41, 5.74) is -0.249. The van der Waals surface area contributed by atoms with Crippen molar-refractivity contribution in [2.24, 2.45) is 0 Å². The van der Waals surface area contributed by atoms with Gasteiger partial charge in [-0.2, -0.15) is 0 Å². The second kappa shape index (κ2) is 3.99. The van der Waals surface area contributed by atoms with Gasteiger partial charge in [-0.05, 0) is 13.0 Å². The highest BCUT2D eigenvalue weighted by atomic mass is 19.3. The minimum Gasteiger partial charge on any atom is -0.494 e. The molecule has 66 valence electrons. The van der Waals surface area contributed by atoms with Crippen molar-refractivity contribution in [3.05, 3.63) is 24.0 Å². The largest absolute Gasteiger partial charge is 0.494 e. The van der Waals surface area contributed by atoms with Gasteiger partial charge in [0.1, 0.15) is 11.4 Å². The van der Waals surface area contributed by atoms with E-state index < -0.39 is 6.43 Å². The van der Waals surface area contributed by atoms with E-state index in [1.165, 1.54) is 12.3 Å². The van der Waals surface area contributed by atoms with E-state index in [2.05, 4.69) is 4.98 Å². The van der Waals surface area contributed by atoms with Crippen molar-refractivity contribution < 1.29 is 13.5 Å². The minimum atomic E-state index is -2.54. The minimum absolute atomic E-state index is 0.249. The van der Waals surface area contributed by atoms with Crippen LogP contribution in [0.2, 0.25) is 0 Å². The molecule has 0 aliphatic rings. The zero-order valence-corrected chi connectivity index (χ0v) is 6.63. The van der Waals surface area contributed by atoms with Gasteiger partial charge in [0.2, 0.25) is 0 Å². The first kappa shape index (κ1) is 8.90. The lowest BCUT2D eigenvalue weighted by Crippen LogP contribution is -1.94. The van der Waals surface area contributed by atoms with E-state index in [0.717, 1.165) is 0 Å². The zero-order chi connectivity index (χ0) is 8.97. The quantitative estimate of drug-likeness (QED) is 0.700. The molecule has 4 heteroatoms. The monoisotopic (exact) mass is 173 g/mol. The van der Waals surface area contributed by atoms with Gasteiger partial charge in [-0.1, -0.05) is 0 Å². The third-order valence-electron chi connectivity index (χ3n) is 1.29. The molecule has 0 unspecified atom stereocenters.